The van der Waals surface area contributed by atoms with E-state index < -0.39 is 0 Å². The zero-order chi connectivity index (χ0) is 13.0. The molecule has 0 N–H and O–H groups in total. The van der Waals surface area contributed by atoms with E-state index in [9.17, 15) is 9.59 Å². The highest BCUT2D eigenvalue weighted by molar-refractivity contribution is 9.10. The number of alkyl halides is 1. The van der Waals surface area contributed by atoms with Crippen LogP contribution >= 0.6 is 15.9 Å². The molecular weight excluding hydrogens is 284 g/mol. The number of esters is 1. The fourth-order valence-corrected chi connectivity index (χ4v) is 1.74. The molecule has 4 heteroatoms. The summed E-state index contributed by atoms with van der Waals surface area (Å²) in [6, 6.07) is 4.97. The van der Waals surface area contributed by atoms with Crippen LogP contribution in [0.3, 0.4) is 0 Å². The molecule has 0 bridgehead atoms. The number of hydrogen-bond donors (Lipinski definition) is 0. The number of carbonyl (C=O) groups is 2. The van der Waals surface area contributed by atoms with Crippen molar-refractivity contribution in [1.29, 1.82) is 0 Å². The second-order valence-electron chi connectivity index (χ2n) is 3.73. The maximum absolute atomic E-state index is 11.8. The minimum Gasteiger partial charge on any atom is -0.462 e. The second-order valence-corrected chi connectivity index (χ2v) is 5.10. The third-order valence-electron chi connectivity index (χ3n) is 2.36. The van der Waals surface area contributed by atoms with Crippen LogP contribution < -0.4 is 0 Å². The van der Waals surface area contributed by atoms with E-state index in [1.165, 1.54) is 0 Å². The van der Waals surface area contributed by atoms with Gasteiger partial charge in [0.25, 0.3) is 0 Å². The van der Waals surface area contributed by atoms with E-state index in [2.05, 4.69) is 15.9 Å². The first-order valence-electron chi connectivity index (χ1n) is 5.43. The van der Waals surface area contributed by atoms with E-state index in [1.807, 2.05) is 6.92 Å². The second kappa shape index (κ2) is 5.96. The number of rotatable bonds is 4. The molecule has 1 aromatic carbocycles. The van der Waals surface area contributed by atoms with Gasteiger partial charge in [-0.25, -0.2) is 4.79 Å². The van der Waals surface area contributed by atoms with Gasteiger partial charge < -0.3 is 4.74 Å². The van der Waals surface area contributed by atoms with Gasteiger partial charge in [0.15, 0.2) is 5.78 Å². The largest absolute Gasteiger partial charge is 0.462 e. The van der Waals surface area contributed by atoms with Crippen LogP contribution in [0.5, 0.6) is 0 Å². The van der Waals surface area contributed by atoms with Crippen molar-refractivity contribution in [2.24, 2.45) is 0 Å². The molecule has 0 aliphatic heterocycles. The highest BCUT2D eigenvalue weighted by atomic mass is 79.9. The molecule has 0 fully saturated rings. The third kappa shape index (κ3) is 3.40. The Morgan fingerprint density at radius 3 is 2.53 bits per heavy atom. The third-order valence-corrected chi connectivity index (χ3v) is 2.78. The number of halogens is 1. The Morgan fingerprint density at radius 2 is 2.06 bits per heavy atom. The van der Waals surface area contributed by atoms with Crippen molar-refractivity contribution in [3.8, 4) is 0 Å². The summed E-state index contributed by atoms with van der Waals surface area (Å²) in [7, 11) is 0. The molecule has 0 aliphatic rings. The summed E-state index contributed by atoms with van der Waals surface area (Å²) in [6.45, 7) is 5.69. The van der Waals surface area contributed by atoms with Crippen molar-refractivity contribution in [1.82, 2.24) is 0 Å². The lowest BCUT2D eigenvalue weighted by Gasteiger charge is -2.08. The average molecular weight is 299 g/mol. The Bertz CT molecular complexity index is 438. The summed E-state index contributed by atoms with van der Waals surface area (Å²) in [6.07, 6.45) is 0. The van der Waals surface area contributed by atoms with E-state index in [1.54, 1.807) is 32.0 Å². The number of hydrogen-bond acceptors (Lipinski definition) is 3. The first-order chi connectivity index (χ1) is 7.97. The van der Waals surface area contributed by atoms with Crippen LogP contribution in [0.1, 0.15) is 40.1 Å². The van der Waals surface area contributed by atoms with Gasteiger partial charge in [0.2, 0.25) is 0 Å². The topological polar surface area (TPSA) is 43.4 Å². The van der Waals surface area contributed by atoms with Crippen LogP contribution in [0.4, 0.5) is 0 Å². The molecule has 1 unspecified atom stereocenters. The Labute approximate surface area is 109 Å². The fraction of sp³-hybridized carbons (Fsp3) is 0.385. The van der Waals surface area contributed by atoms with Crippen molar-refractivity contribution >= 4 is 27.7 Å². The summed E-state index contributed by atoms with van der Waals surface area (Å²) in [4.78, 5) is 23.1. The molecule has 0 spiro atoms. The highest BCUT2D eigenvalue weighted by Crippen LogP contribution is 2.16. The summed E-state index contributed by atoms with van der Waals surface area (Å²) in [5.41, 5.74) is 1.89. The number of aryl methyl sites for hydroxylation is 1. The van der Waals surface area contributed by atoms with Crippen LogP contribution in [0, 0.1) is 6.92 Å². The van der Waals surface area contributed by atoms with E-state index >= 15 is 0 Å². The number of Topliss-reactive ketones (excluding diaryl/α,β-unsaturated/α-hetero) is 1. The Hall–Kier alpha value is -1.16. The van der Waals surface area contributed by atoms with Crippen molar-refractivity contribution < 1.29 is 14.3 Å². The van der Waals surface area contributed by atoms with Gasteiger partial charge >= 0.3 is 5.97 Å². The summed E-state index contributed by atoms with van der Waals surface area (Å²) in [5.74, 6) is -0.348. The molecular formula is C13H15BrO3. The molecule has 17 heavy (non-hydrogen) atoms. The maximum atomic E-state index is 11.8. The van der Waals surface area contributed by atoms with Crippen LogP contribution in [0.15, 0.2) is 18.2 Å². The molecule has 1 rings (SSSR count). The van der Waals surface area contributed by atoms with Crippen LogP contribution in [-0.2, 0) is 4.74 Å². The van der Waals surface area contributed by atoms with E-state index in [-0.39, 0.29) is 16.6 Å². The maximum Gasteiger partial charge on any atom is 0.338 e. The quantitative estimate of drug-likeness (QED) is 0.487. The van der Waals surface area contributed by atoms with E-state index in [0.29, 0.717) is 17.7 Å². The Morgan fingerprint density at radius 1 is 1.41 bits per heavy atom. The fourth-order valence-electron chi connectivity index (χ4n) is 1.50. The normalized spacial score (nSPS) is 12.0. The highest BCUT2D eigenvalue weighted by Gasteiger charge is 2.16. The smallest absolute Gasteiger partial charge is 0.338 e. The van der Waals surface area contributed by atoms with Gasteiger partial charge in [0, 0.05) is 5.56 Å². The summed E-state index contributed by atoms with van der Waals surface area (Å²) in [5, 5.41) is 0. The predicted molar refractivity (Wildman–Crippen MR) is 69.9 cm³/mol. The molecule has 0 heterocycles. The molecule has 0 radical (unpaired) electrons. The molecule has 0 saturated carbocycles. The molecule has 0 amide bonds. The zero-order valence-electron chi connectivity index (χ0n) is 10.1. The van der Waals surface area contributed by atoms with Gasteiger partial charge in [-0.15, -0.1) is 0 Å². The molecule has 0 saturated heterocycles. The first-order valence-corrected chi connectivity index (χ1v) is 6.35. The number of ether oxygens (including phenoxy) is 1. The van der Waals surface area contributed by atoms with Crippen LogP contribution in [-0.4, -0.2) is 23.2 Å². The Balaban J connectivity index is 3.02. The minimum absolute atomic E-state index is 0.0120. The van der Waals surface area contributed by atoms with Crippen LogP contribution in [0.25, 0.3) is 0 Å². The number of carbonyl (C=O) groups excluding carboxylic acids is 2. The molecule has 0 aromatic heterocycles. The van der Waals surface area contributed by atoms with Gasteiger partial charge in [-0.2, -0.15) is 0 Å². The van der Waals surface area contributed by atoms with Crippen molar-refractivity contribution in [2.75, 3.05) is 6.61 Å². The van der Waals surface area contributed by atoms with Gasteiger partial charge in [-0.1, -0.05) is 22.0 Å². The van der Waals surface area contributed by atoms with Gasteiger partial charge in [0.1, 0.15) is 0 Å². The van der Waals surface area contributed by atoms with E-state index in [0.717, 1.165) is 5.56 Å². The molecule has 3 nitrogen and oxygen atoms in total. The number of benzene rings is 1. The lowest BCUT2D eigenvalue weighted by Crippen LogP contribution is -2.13. The van der Waals surface area contributed by atoms with Crippen molar-refractivity contribution in [3.05, 3.63) is 34.9 Å². The van der Waals surface area contributed by atoms with Crippen molar-refractivity contribution in [3.63, 3.8) is 0 Å². The SMILES string of the molecule is CCOC(=O)c1ccc(C(=O)C(C)Br)c(C)c1. The van der Waals surface area contributed by atoms with Gasteiger partial charge in [-0.05, 0) is 38.5 Å². The first kappa shape index (κ1) is 13.9. The standard InChI is InChI=1S/C13H15BrO3/c1-4-17-13(16)10-5-6-11(8(2)7-10)12(15)9(3)14/h5-7,9H,4H2,1-3H3. The summed E-state index contributed by atoms with van der Waals surface area (Å²) < 4.78 is 4.90. The number of ketones is 1. The monoisotopic (exact) mass is 298 g/mol. The predicted octanol–water partition coefficient (Wildman–Crippen LogP) is 3.14. The lowest BCUT2D eigenvalue weighted by molar-refractivity contribution is 0.0526. The molecule has 92 valence electrons. The molecule has 0 aliphatic carbocycles. The minimum atomic E-state index is -0.360. The van der Waals surface area contributed by atoms with Gasteiger partial charge in [-0.3, -0.25) is 4.79 Å². The zero-order valence-corrected chi connectivity index (χ0v) is 11.7. The van der Waals surface area contributed by atoms with Crippen molar-refractivity contribution in [2.45, 2.75) is 25.6 Å². The van der Waals surface area contributed by atoms with Gasteiger partial charge in [0.05, 0.1) is 17.0 Å². The lowest BCUT2D eigenvalue weighted by atomic mass is 10.0. The molecule has 1 atom stereocenters. The summed E-state index contributed by atoms with van der Waals surface area (Å²) >= 11 is 3.24. The average Bonchev–Trinajstić information content (AvgIpc) is 2.28. The van der Waals surface area contributed by atoms with Crippen LogP contribution in [0.2, 0.25) is 0 Å². The molecule has 1 aromatic rings. The van der Waals surface area contributed by atoms with E-state index in [4.69, 9.17) is 4.74 Å². The Kier molecular flexibility index (Phi) is 4.87.